The van der Waals surface area contributed by atoms with Crippen LogP contribution in [0.15, 0.2) is 36.5 Å². The molecule has 0 aliphatic heterocycles. The van der Waals surface area contributed by atoms with Crippen molar-refractivity contribution in [2.45, 2.75) is 31.7 Å². The van der Waals surface area contributed by atoms with Gasteiger partial charge in [-0.05, 0) is 37.1 Å². The molecule has 1 aromatic carbocycles. The van der Waals surface area contributed by atoms with Gasteiger partial charge in [0.05, 0.1) is 17.6 Å². The summed E-state index contributed by atoms with van der Waals surface area (Å²) in [5, 5.41) is 5.76. The molecule has 0 atom stereocenters. The molecule has 1 aliphatic rings. The van der Waals surface area contributed by atoms with Gasteiger partial charge < -0.3 is 10.6 Å². The molecule has 23 heavy (non-hydrogen) atoms. The number of amides is 1. The highest BCUT2D eigenvalue weighted by molar-refractivity contribution is 6.03. The number of aromatic nitrogens is 1. The van der Waals surface area contributed by atoms with Gasteiger partial charge in [0.1, 0.15) is 17.3 Å². The molecule has 1 fully saturated rings. The Bertz CT molecular complexity index is 697. The van der Waals surface area contributed by atoms with Crippen LogP contribution in [0.2, 0.25) is 0 Å². The Morgan fingerprint density at radius 2 is 1.91 bits per heavy atom. The lowest BCUT2D eigenvalue weighted by Crippen LogP contribution is -2.17. The van der Waals surface area contributed by atoms with Crippen molar-refractivity contribution in [1.29, 1.82) is 0 Å². The van der Waals surface area contributed by atoms with Crippen LogP contribution in [0, 0.1) is 11.6 Å². The van der Waals surface area contributed by atoms with E-state index < -0.39 is 17.5 Å². The number of pyridine rings is 1. The summed E-state index contributed by atoms with van der Waals surface area (Å²) in [6.07, 6.45) is 6.34. The second-order valence-corrected chi connectivity index (χ2v) is 5.64. The van der Waals surface area contributed by atoms with Gasteiger partial charge in [-0.25, -0.2) is 13.8 Å². The molecule has 0 radical (unpaired) electrons. The fourth-order valence-electron chi connectivity index (χ4n) is 2.70. The second kappa shape index (κ2) is 6.73. The lowest BCUT2D eigenvalue weighted by atomic mass is 10.2. The van der Waals surface area contributed by atoms with Gasteiger partial charge in [-0.3, -0.25) is 4.79 Å². The molecule has 0 spiro atoms. The number of carbonyl (C=O) groups is 1. The van der Waals surface area contributed by atoms with E-state index in [9.17, 15) is 13.6 Å². The van der Waals surface area contributed by atoms with Gasteiger partial charge in [-0.15, -0.1) is 0 Å². The third-order valence-electron chi connectivity index (χ3n) is 3.90. The minimum absolute atomic E-state index is 0.0774. The normalized spacial score (nSPS) is 14.7. The van der Waals surface area contributed by atoms with Crippen molar-refractivity contribution in [3.63, 3.8) is 0 Å². The average Bonchev–Trinajstić information content (AvgIpc) is 3.04. The topological polar surface area (TPSA) is 54.0 Å². The summed E-state index contributed by atoms with van der Waals surface area (Å²) >= 11 is 0. The summed E-state index contributed by atoms with van der Waals surface area (Å²) in [6.45, 7) is 0. The Morgan fingerprint density at radius 1 is 1.13 bits per heavy atom. The molecule has 1 saturated carbocycles. The van der Waals surface area contributed by atoms with E-state index in [0.717, 1.165) is 30.7 Å². The number of nitrogens with one attached hydrogen (secondary N) is 2. The van der Waals surface area contributed by atoms with Crippen LogP contribution < -0.4 is 10.6 Å². The predicted molar refractivity (Wildman–Crippen MR) is 84.4 cm³/mol. The van der Waals surface area contributed by atoms with Crippen LogP contribution >= 0.6 is 0 Å². The van der Waals surface area contributed by atoms with Crippen LogP contribution in [-0.2, 0) is 0 Å². The Hall–Kier alpha value is -2.50. The Kier molecular flexibility index (Phi) is 4.50. The minimum Gasteiger partial charge on any atom is -0.381 e. The summed E-state index contributed by atoms with van der Waals surface area (Å²) in [6, 6.07) is 6.80. The van der Waals surface area contributed by atoms with Crippen molar-refractivity contribution >= 4 is 17.3 Å². The molecule has 6 heteroatoms. The van der Waals surface area contributed by atoms with Crippen molar-refractivity contribution in [1.82, 2.24) is 4.98 Å². The van der Waals surface area contributed by atoms with Crippen molar-refractivity contribution in [3.8, 4) is 0 Å². The van der Waals surface area contributed by atoms with E-state index in [1.807, 2.05) is 0 Å². The van der Waals surface area contributed by atoms with Crippen molar-refractivity contribution in [3.05, 3.63) is 53.9 Å². The largest absolute Gasteiger partial charge is 0.381 e. The van der Waals surface area contributed by atoms with Gasteiger partial charge in [0.2, 0.25) is 0 Å². The standard InChI is InChI=1S/C17H17F2N3O/c18-11-5-7-15(14(19)9-11)22-17(23)16-8-6-13(10-20-16)21-12-3-1-2-4-12/h5-10,12,21H,1-4H2,(H,22,23). The SMILES string of the molecule is O=C(Nc1ccc(F)cc1F)c1ccc(NC2CCCC2)cn1. The monoisotopic (exact) mass is 317 g/mol. The van der Waals surface area contributed by atoms with Crippen LogP contribution in [0.25, 0.3) is 0 Å². The quantitative estimate of drug-likeness (QED) is 0.897. The molecule has 0 unspecified atom stereocenters. The third-order valence-corrected chi connectivity index (χ3v) is 3.90. The number of hydrogen-bond donors (Lipinski definition) is 2. The fraction of sp³-hybridized carbons (Fsp3) is 0.294. The fourth-order valence-corrected chi connectivity index (χ4v) is 2.70. The highest BCUT2D eigenvalue weighted by Gasteiger charge is 2.15. The zero-order chi connectivity index (χ0) is 16.2. The summed E-state index contributed by atoms with van der Waals surface area (Å²) in [4.78, 5) is 16.1. The van der Waals surface area contributed by atoms with E-state index >= 15 is 0 Å². The number of carbonyl (C=O) groups excluding carboxylic acids is 1. The van der Waals surface area contributed by atoms with Gasteiger partial charge in [0.25, 0.3) is 5.91 Å². The maximum atomic E-state index is 13.5. The van der Waals surface area contributed by atoms with Crippen molar-refractivity contribution < 1.29 is 13.6 Å². The molecule has 1 aromatic heterocycles. The highest BCUT2D eigenvalue weighted by Crippen LogP contribution is 2.22. The molecule has 0 saturated heterocycles. The first-order chi connectivity index (χ1) is 11.1. The number of rotatable bonds is 4. The number of anilines is 2. The van der Waals surface area contributed by atoms with Crippen LogP contribution in [-0.4, -0.2) is 16.9 Å². The lowest BCUT2D eigenvalue weighted by Gasteiger charge is -2.13. The molecule has 3 rings (SSSR count). The maximum absolute atomic E-state index is 13.5. The number of hydrogen-bond acceptors (Lipinski definition) is 3. The van der Waals surface area contributed by atoms with Crippen molar-refractivity contribution in [2.75, 3.05) is 10.6 Å². The van der Waals surface area contributed by atoms with Crippen LogP contribution in [0.5, 0.6) is 0 Å². The predicted octanol–water partition coefficient (Wildman–Crippen LogP) is 3.97. The summed E-state index contributed by atoms with van der Waals surface area (Å²) in [5.41, 5.74) is 0.957. The first-order valence-electron chi connectivity index (χ1n) is 7.61. The molecular weight excluding hydrogens is 300 g/mol. The molecule has 2 aromatic rings. The molecule has 1 aliphatic carbocycles. The first-order valence-corrected chi connectivity index (χ1v) is 7.61. The van der Waals surface area contributed by atoms with E-state index in [0.29, 0.717) is 6.04 Å². The first kappa shape index (κ1) is 15.4. The molecule has 2 N–H and O–H groups in total. The Balaban J connectivity index is 1.65. The van der Waals surface area contributed by atoms with E-state index in [2.05, 4.69) is 15.6 Å². The highest BCUT2D eigenvalue weighted by atomic mass is 19.1. The summed E-state index contributed by atoms with van der Waals surface area (Å²) in [5.74, 6) is -2.05. The molecular formula is C17H17F2N3O. The molecule has 0 bridgehead atoms. The van der Waals surface area contributed by atoms with Gasteiger partial charge in [-0.1, -0.05) is 12.8 Å². The summed E-state index contributed by atoms with van der Waals surface area (Å²) < 4.78 is 26.4. The summed E-state index contributed by atoms with van der Waals surface area (Å²) in [7, 11) is 0. The smallest absolute Gasteiger partial charge is 0.274 e. The zero-order valence-electron chi connectivity index (χ0n) is 12.5. The molecule has 4 nitrogen and oxygen atoms in total. The van der Waals surface area contributed by atoms with Gasteiger partial charge in [0, 0.05) is 12.1 Å². The second-order valence-electron chi connectivity index (χ2n) is 5.64. The van der Waals surface area contributed by atoms with Gasteiger partial charge in [0.15, 0.2) is 0 Å². The molecule has 1 amide bonds. The van der Waals surface area contributed by atoms with E-state index in [1.165, 1.54) is 18.9 Å². The third kappa shape index (κ3) is 3.83. The maximum Gasteiger partial charge on any atom is 0.274 e. The molecule has 120 valence electrons. The minimum atomic E-state index is -0.821. The van der Waals surface area contributed by atoms with Gasteiger partial charge in [-0.2, -0.15) is 0 Å². The van der Waals surface area contributed by atoms with Crippen molar-refractivity contribution in [2.24, 2.45) is 0 Å². The number of benzene rings is 1. The average molecular weight is 317 g/mol. The Morgan fingerprint density at radius 3 is 2.57 bits per heavy atom. The van der Waals surface area contributed by atoms with Gasteiger partial charge >= 0.3 is 0 Å². The van der Waals surface area contributed by atoms with E-state index in [4.69, 9.17) is 0 Å². The van der Waals surface area contributed by atoms with E-state index in [-0.39, 0.29) is 11.4 Å². The number of halogens is 2. The Labute approximate surface area is 132 Å². The van der Waals surface area contributed by atoms with Crippen LogP contribution in [0.4, 0.5) is 20.2 Å². The lowest BCUT2D eigenvalue weighted by molar-refractivity contribution is 0.102. The number of nitrogens with zero attached hydrogens (tertiary/aromatic N) is 1. The zero-order valence-corrected chi connectivity index (χ0v) is 12.5. The molecule has 1 heterocycles. The van der Waals surface area contributed by atoms with Crippen LogP contribution in [0.1, 0.15) is 36.2 Å². The van der Waals surface area contributed by atoms with E-state index in [1.54, 1.807) is 18.3 Å². The van der Waals surface area contributed by atoms with Crippen LogP contribution in [0.3, 0.4) is 0 Å².